The third-order valence-electron chi connectivity index (χ3n) is 4.28. The van der Waals surface area contributed by atoms with E-state index in [1.807, 2.05) is 4.90 Å². The van der Waals surface area contributed by atoms with Crippen LogP contribution in [0.5, 0.6) is 0 Å². The third kappa shape index (κ3) is 3.69. The largest absolute Gasteiger partial charge is 0.393 e. The zero-order valence-electron chi connectivity index (χ0n) is 11.5. The van der Waals surface area contributed by atoms with E-state index in [0.29, 0.717) is 12.8 Å². The first-order valence-electron chi connectivity index (χ1n) is 7.36. The van der Waals surface area contributed by atoms with Crippen LogP contribution in [-0.4, -0.2) is 59.1 Å². The van der Waals surface area contributed by atoms with Gasteiger partial charge in [-0.25, -0.2) is 0 Å². The average molecular weight is 254 g/mol. The molecule has 1 N–H and O–H groups in total. The molecule has 0 spiro atoms. The predicted molar refractivity (Wildman–Crippen MR) is 71.3 cm³/mol. The standard InChI is InChI=1S/C14H26N2O2/c1-12(17)6-7-14(18)16-10-8-15(9-11-16)13-4-2-3-5-13/h12-13,17H,2-11H2,1H3. The molecule has 0 aromatic rings. The highest BCUT2D eigenvalue weighted by atomic mass is 16.3. The third-order valence-corrected chi connectivity index (χ3v) is 4.28. The van der Waals surface area contributed by atoms with Crippen LogP contribution in [0, 0.1) is 0 Å². The summed E-state index contributed by atoms with van der Waals surface area (Å²) in [6.07, 6.45) is 6.14. The van der Waals surface area contributed by atoms with Crippen LogP contribution in [0.4, 0.5) is 0 Å². The van der Waals surface area contributed by atoms with Crippen LogP contribution in [0.3, 0.4) is 0 Å². The lowest BCUT2D eigenvalue weighted by molar-refractivity contribution is -0.133. The number of aliphatic hydroxyl groups excluding tert-OH is 1. The number of rotatable bonds is 4. The lowest BCUT2D eigenvalue weighted by Crippen LogP contribution is -2.51. The smallest absolute Gasteiger partial charge is 0.222 e. The van der Waals surface area contributed by atoms with Crippen molar-refractivity contribution in [2.24, 2.45) is 0 Å². The molecule has 4 heteroatoms. The second kappa shape index (κ2) is 6.53. The minimum Gasteiger partial charge on any atom is -0.393 e. The van der Waals surface area contributed by atoms with E-state index in [1.165, 1.54) is 25.7 Å². The number of nitrogens with zero attached hydrogens (tertiary/aromatic N) is 2. The quantitative estimate of drug-likeness (QED) is 0.821. The molecule has 1 heterocycles. The van der Waals surface area contributed by atoms with E-state index < -0.39 is 0 Å². The first-order valence-corrected chi connectivity index (χ1v) is 7.36. The van der Waals surface area contributed by atoms with E-state index in [4.69, 9.17) is 0 Å². The maximum Gasteiger partial charge on any atom is 0.222 e. The van der Waals surface area contributed by atoms with E-state index in [1.54, 1.807) is 6.92 Å². The van der Waals surface area contributed by atoms with Crippen LogP contribution in [0.1, 0.15) is 45.4 Å². The maximum atomic E-state index is 11.9. The van der Waals surface area contributed by atoms with Gasteiger partial charge >= 0.3 is 0 Å². The van der Waals surface area contributed by atoms with Gasteiger partial charge in [-0.15, -0.1) is 0 Å². The monoisotopic (exact) mass is 254 g/mol. The Morgan fingerprint density at radius 1 is 1.22 bits per heavy atom. The molecular weight excluding hydrogens is 228 g/mol. The van der Waals surface area contributed by atoms with Crippen LogP contribution in [-0.2, 0) is 4.79 Å². The molecule has 0 bridgehead atoms. The number of amides is 1. The minimum atomic E-state index is -0.367. The Morgan fingerprint density at radius 2 is 1.83 bits per heavy atom. The normalized spacial score (nSPS) is 24.4. The van der Waals surface area contributed by atoms with Crippen molar-refractivity contribution in [3.05, 3.63) is 0 Å². The van der Waals surface area contributed by atoms with E-state index in [-0.39, 0.29) is 12.0 Å². The fourth-order valence-electron chi connectivity index (χ4n) is 3.10. The molecule has 1 aliphatic heterocycles. The molecule has 18 heavy (non-hydrogen) atoms. The lowest BCUT2D eigenvalue weighted by Gasteiger charge is -2.38. The lowest BCUT2D eigenvalue weighted by atomic mass is 10.1. The van der Waals surface area contributed by atoms with Gasteiger partial charge in [0.25, 0.3) is 0 Å². The van der Waals surface area contributed by atoms with Crippen molar-refractivity contribution in [1.82, 2.24) is 9.80 Å². The highest BCUT2D eigenvalue weighted by Gasteiger charge is 2.27. The van der Waals surface area contributed by atoms with Gasteiger partial charge in [0.1, 0.15) is 0 Å². The zero-order valence-corrected chi connectivity index (χ0v) is 11.5. The molecule has 0 radical (unpaired) electrons. The highest BCUT2D eigenvalue weighted by Crippen LogP contribution is 2.24. The molecular formula is C14H26N2O2. The Morgan fingerprint density at radius 3 is 2.39 bits per heavy atom. The van der Waals surface area contributed by atoms with Crippen LogP contribution < -0.4 is 0 Å². The van der Waals surface area contributed by atoms with E-state index in [0.717, 1.165) is 32.2 Å². The molecule has 1 saturated carbocycles. The van der Waals surface area contributed by atoms with Crippen LogP contribution in [0.25, 0.3) is 0 Å². The zero-order chi connectivity index (χ0) is 13.0. The minimum absolute atomic E-state index is 0.210. The second-order valence-corrected chi connectivity index (χ2v) is 5.74. The number of piperazine rings is 1. The van der Waals surface area contributed by atoms with Crippen LogP contribution in [0.2, 0.25) is 0 Å². The maximum absolute atomic E-state index is 11.9. The van der Waals surface area contributed by atoms with Crippen molar-refractivity contribution < 1.29 is 9.90 Å². The van der Waals surface area contributed by atoms with Crippen molar-refractivity contribution >= 4 is 5.91 Å². The van der Waals surface area contributed by atoms with Gasteiger partial charge in [0.2, 0.25) is 5.91 Å². The van der Waals surface area contributed by atoms with Gasteiger partial charge in [-0.1, -0.05) is 12.8 Å². The predicted octanol–water partition coefficient (Wildman–Crippen LogP) is 1.23. The molecule has 1 saturated heterocycles. The molecule has 0 aromatic heterocycles. The first kappa shape index (κ1) is 13.8. The van der Waals surface area contributed by atoms with Gasteiger partial charge in [0.15, 0.2) is 0 Å². The molecule has 2 rings (SSSR count). The molecule has 4 nitrogen and oxygen atoms in total. The van der Waals surface area contributed by atoms with Gasteiger partial charge in [-0.3, -0.25) is 9.69 Å². The Labute approximate surface area is 110 Å². The Balaban J connectivity index is 1.70. The summed E-state index contributed by atoms with van der Waals surface area (Å²) in [4.78, 5) is 16.5. The molecule has 104 valence electrons. The van der Waals surface area contributed by atoms with Crippen molar-refractivity contribution in [2.45, 2.75) is 57.6 Å². The molecule has 1 amide bonds. The fourth-order valence-corrected chi connectivity index (χ4v) is 3.10. The molecule has 1 unspecified atom stereocenters. The van der Waals surface area contributed by atoms with Gasteiger partial charge in [-0.05, 0) is 26.2 Å². The number of carbonyl (C=O) groups is 1. The summed E-state index contributed by atoms with van der Waals surface area (Å²) in [5.41, 5.74) is 0. The molecule has 1 aliphatic carbocycles. The summed E-state index contributed by atoms with van der Waals surface area (Å²) in [5.74, 6) is 0.210. The van der Waals surface area contributed by atoms with Crippen molar-refractivity contribution in [1.29, 1.82) is 0 Å². The highest BCUT2D eigenvalue weighted by molar-refractivity contribution is 5.76. The van der Waals surface area contributed by atoms with E-state index >= 15 is 0 Å². The number of hydrogen-bond acceptors (Lipinski definition) is 3. The van der Waals surface area contributed by atoms with Crippen molar-refractivity contribution in [3.8, 4) is 0 Å². The van der Waals surface area contributed by atoms with Gasteiger partial charge in [-0.2, -0.15) is 0 Å². The summed E-state index contributed by atoms with van der Waals surface area (Å²) in [6, 6.07) is 0.778. The number of carbonyl (C=O) groups excluding carboxylic acids is 1. The number of aliphatic hydroxyl groups is 1. The van der Waals surface area contributed by atoms with Gasteiger partial charge < -0.3 is 10.0 Å². The van der Waals surface area contributed by atoms with Gasteiger partial charge in [0.05, 0.1) is 6.10 Å². The second-order valence-electron chi connectivity index (χ2n) is 5.74. The summed E-state index contributed by atoms with van der Waals surface area (Å²) >= 11 is 0. The summed E-state index contributed by atoms with van der Waals surface area (Å²) in [6.45, 7) is 5.55. The topological polar surface area (TPSA) is 43.8 Å². The SMILES string of the molecule is CC(O)CCC(=O)N1CCN(C2CCCC2)CC1. The Bertz CT molecular complexity index is 267. The summed E-state index contributed by atoms with van der Waals surface area (Å²) < 4.78 is 0. The molecule has 2 fully saturated rings. The number of hydrogen-bond donors (Lipinski definition) is 1. The molecule has 2 aliphatic rings. The molecule has 0 aromatic carbocycles. The van der Waals surface area contributed by atoms with Crippen molar-refractivity contribution in [2.75, 3.05) is 26.2 Å². The summed E-state index contributed by atoms with van der Waals surface area (Å²) in [5, 5.41) is 9.21. The van der Waals surface area contributed by atoms with Gasteiger partial charge in [0, 0.05) is 38.6 Å². The first-order chi connectivity index (χ1) is 8.66. The van der Waals surface area contributed by atoms with Crippen LogP contribution in [0.15, 0.2) is 0 Å². The van der Waals surface area contributed by atoms with E-state index in [9.17, 15) is 9.90 Å². The fraction of sp³-hybridized carbons (Fsp3) is 0.929. The van der Waals surface area contributed by atoms with Crippen LogP contribution >= 0.6 is 0 Å². The van der Waals surface area contributed by atoms with Crippen molar-refractivity contribution in [3.63, 3.8) is 0 Å². The van der Waals surface area contributed by atoms with E-state index in [2.05, 4.69) is 4.90 Å². The Kier molecular flexibility index (Phi) is 5.01. The average Bonchev–Trinajstić information content (AvgIpc) is 2.90. The molecule has 1 atom stereocenters. The summed E-state index contributed by atoms with van der Waals surface area (Å²) in [7, 11) is 0. The Hall–Kier alpha value is -0.610.